The number of thiazole rings is 1. The van der Waals surface area contributed by atoms with Crippen LogP contribution in [0.25, 0.3) is 10.6 Å². The third-order valence-electron chi connectivity index (χ3n) is 3.54. The van der Waals surface area contributed by atoms with Crippen LogP contribution in [0.1, 0.15) is 43.7 Å². The first kappa shape index (κ1) is 23.7. The fraction of sp³-hybridized carbons (Fsp3) is 0.450. The molecule has 0 unspecified atom stereocenters. The second-order valence-corrected chi connectivity index (χ2v) is 8.42. The van der Waals surface area contributed by atoms with Crippen LogP contribution in [0.15, 0.2) is 24.3 Å². The van der Waals surface area contributed by atoms with Crippen LogP contribution in [-0.4, -0.2) is 42.0 Å². The summed E-state index contributed by atoms with van der Waals surface area (Å²) < 4.78 is 49.9. The zero-order chi connectivity index (χ0) is 22.7. The zero-order valence-corrected chi connectivity index (χ0v) is 18.1. The van der Waals surface area contributed by atoms with E-state index in [0.29, 0.717) is 10.5 Å². The quantitative estimate of drug-likeness (QED) is 0.562. The molecule has 30 heavy (non-hydrogen) atoms. The van der Waals surface area contributed by atoms with Gasteiger partial charge in [-0.2, -0.15) is 13.2 Å². The predicted molar refractivity (Wildman–Crippen MR) is 108 cm³/mol. The number of aryl methyl sites for hydroxylation is 1. The van der Waals surface area contributed by atoms with Gasteiger partial charge in [0.05, 0.1) is 6.61 Å². The molecule has 1 heterocycles. The second-order valence-electron chi connectivity index (χ2n) is 7.44. The van der Waals surface area contributed by atoms with E-state index in [9.17, 15) is 22.8 Å². The minimum Gasteiger partial charge on any atom is -0.461 e. The zero-order valence-electron chi connectivity index (χ0n) is 17.3. The van der Waals surface area contributed by atoms with Gasteiger partial charge in [0.25, 0.3) is 0 Å². The highest BCUT2D eigenvalue weighted by atomic mass is 32.1. The molecule has 0 saturated carbocycles. The summed E-state index contributed by atoms with van der Waals surface area (Å²) in [5.41, 5.74) is 0.109. The number of nitrogens with zero attached hydrogens (tertiary/aromatic N) is 2. The minimum absolute atomic E-state index is 0.00128. The summed E-state index contributed by atoms with van der Waals surface area (Å²) in [5, 5.41) is 0.00372. The van der Waals surface area contributed by atoms with Crippen LogP contribution in [0.2, 0.25) is 0 Å². The van der Waals surface area contributed by atoms with E-state index in [4.69, 9.17) is 9.47 Å². The lowest BCUT2D eigenvalue weighted by Crippen LogP contribution is -2.42. The van der Waals surface area contributed by atoms with Gasteiger partial charge in [0.2, 0.25) is 0 Å². The third kappa shape index (κ3) is 6.45. The van der Waals surface area contributed by atoms with Gasteiger partial charge in [0.1, 0.15) is 22.2 Å². The number of carbonyl (C=O) groups excluding carboxylic acids is 2. The monoisotopic (exact) mass is 444 g/mol. The molecule has 0 aliphatic heterocycles. The van der Waals surface area contributed by atoms with Crippen LogP contribution in [0, 0.1) is 6.92 Å². The fourth-order valence-electron chi connectivity index (χ4n) is 2.44. The van der Waals surface area contributed by atoms with Gasteiger partial charge in [-0.05, 0) is 40.7 Å². The van der Waals surface area contributed by atoms with Gasteiger partial charge in [0.15, 0.2) is 5.69 Å². The molecule has 0 aliphatic carbocycles. The molecule has 10 heteroatoms. The Labute approximate surface area is 176 Å². The van der Waals surface area contributed by atoms with Crippen molar-refractivity contribution >= 4 is 28.4 Å². The second kappa shape index (κ2) is 9.03. The summed E-state index contributed by atoms with van der Waals surface area (Å²) in [7, 11) is 0. The van der Waals surface area contributed by atoms with Gasteiger partial charge in [-0.3, -0.25) is 4.90 Å². The maximum Gasteiger partial charge on any atom is 0.415 e. The number of halogens is 3. The highest BCUT2D eigenvalue weighted by Gasteiger charge is 2.39. The number of aromatic nitrogens is 1. The van der Waals surface area contributed by atoms with Crippen molar-refractivity contribution in [2.24, 2.45) is 0 Å². The van der Waals surface area contributed by atoms with Gasteiger partial charge >= 0.3 is 18.2 Å². The number of alkyl halides is 3. The highest BCUT2D eigenvalue weighted by Crippen LogP contribution is 2.37. The number of anilines is 1. The molecule has 164 valence electrons. The van der Waals surface area contributed by atoms with Crippen molar-refractivity contribution < 1.29 is 32.2 Å². The van der Waals surface area contributed by atoms with Gasteiger partial charge in [-0.25, -0.2) is 14.6 Å². The van der Waals surface area contributed by atoms with Crippen LogP contribution in [0.5, 0.6) is 0 Å². The first-order valence-corrected chi connectivity index (χ1v) is 9.94. The summed E-state index contributed by atoms with van der Waals surface area (Å²) in [6, 6.07) is 7.10. The molecule has 6 nitrogen and oxygen atoms in total. The van der Waals surface area contributed by atoms with E-state index in [0.717, 1.165) is 16.9 Å². The number of esters is 1. The Morgan fingerprint density at radius 1 is 1.20 bits per heavy atom. The first-order valence-electron chi connectivity index (χ1n) is 9.13. The van der Waals surface area contributed by atoms with Gasteiger partial charge in [0, 0.05) is 5.56 Å². The van der Waals surface area contributed by atoms with Crippen molar-refractivity contribution in [3.8, 4) is 10.6 Å². The van der Waals surface area contributed by atoms with Gasteiger partial charge in [-0.1, -0.05) is 35.1 Å². The molecule has 0 spiro atoms. The molecule has 0 saturated heterocycles. The summed E-state index contributed by atoms with van der Waals surface area (Å²) in [4.78, 5) is 29.6. The number of rotatable bonds is 5. The van der Waals surface area contributed by atoms with Crippen LogP contribution >= 0.6 is 11.3 Å². The minimum atomic E-state index is -4.73. The normalized spacial score (nSPS) is 11.9. The largest absolute Gasteiger partial charge is 0.461 e. The van der Waals surface area contributed by atoms with Crippen molar-refractivity contribution in [3.05, 3.63) is 35.5 Å². The van der Waals surface area contributed by atoms with Crippen LogP contribution in [-0.2, 0) is 9.47 Å². The highest BCUT2D eigenvalue weighted by molar-refractivity contribution is 7.19. The van der Waals surface area contributed by atoms with Crippen molar-refractivity contribution in [2.75, 3.05) is 18.1 Å². The fourth-order valence-corrected chi connectivity index (χ4v) is 3.48. The van der Waals surface area contributed by atoms with Gasteiger partial charge < -0.3 is 9.47 Å². The summed E-state index contributed by atoms with van der Waals surface area (Å²) in [5.74, 6) is -0.918. The standard InChI is InChI=1S/C20H23F3N2O4S/c1-6-28-17(26)14-16(30-15(24-14)13-9-7-8-12(2)10-13)25(11-20(21,22)23)18(27)29-19(3,4)5/h7-10H,6,11H2,1-5H3. The molecule has 0 N–H and O–H groups in total. The van der Waals surface area contributed by atoms with E-state index < -0.39 is 30.4 Å². The lowest BCUT2D eigenvalue weighted by atomic mass is 10.1. The molecule has 2 aromatic rings. The molecule has 0 atom stereocenters. The van der Waals surface area contributed by atoms with E-state index in [1.165, 1.54) is 20.8 Å². The number of ether oxygens (including phenoxy) is 2. The molecule has 0 radical (unpaired) electrons. The average Bonchev–Trinajstić information content (AvgIpc) is 3.03. The summed E-state index contributed by atoms with van der Waals surface area (Å²) in [6.07, 6.45) is -5.96. The van der Waals surface area contributed by atoms with Crippen molar-refractivity contribution in [3.63, 3.8) is 0 Å². The molecule has 1 amide bonds. The number of hydrogen-bond donors (Lipinski definition) is 0. The van der Waals surface area contributed by atoms with Crippen molar-refractivity contribution in [1.29, 1.82) is 0 Å². The molecule has 1 aromatic carbocycles. The van der Waals surface area contributed by atoms with Crippen LogP contribution in [0.4, 0.5) is 23.0 Å². The number of hydrogen-bond acceptors (Lipinski definition) is 6. The first-order chi connectivity index (χ1) is 13.8. The predicted octanol–water partition coefficient (Wildman–Crippen LogP) is 5.60. The van der Waals surface area contributed by atoms with Crippen molar-refractivity contribution in [1.82, 2.24) is 4.98 Å². The van der Waals surface area contributed by atoms with E-state index in [1.54, 1.807) is 25.1 Å². The van der Waals surface area contributed by atoms with E-state index >= 15 is 0 Å². The van der Waals surface area contributed by atoms with Crippen molar-refractivity contribution in [2.45, 2.75) is 46.4 Å². The van der Waals surface area contributed by atoms with Crippen LogP contribution < -0.4 is 4.90 Å². The molecular formula is C20H23F3N2O4S. The SMILES string of the molecule is CCOC(=O)c1nc(-c2cccc(C)c2)sc1N(CC(F)(F)F)C(=O)OC(C)(C)C. The molecule has 2 rings (SSSR count). The molecule has 0 bridgehead atoms. The average molecular weight is 444 g/mol. The summed E-state index contributed by atoms with van der Waals surface area (Å²) in [6.45, 7) is 6.38. The lowest BCUT2D eigenvalue weighted by Gasteiger charge is -2.27. The third-order valence-corrected chi connectivity index (χ3v) is 4.67. The Bertz CT molecular complexity index is 920. The van der Waals surface area contributed by atoms with Crippen LogP contribution in [0.3, 0.4) is 0 Å². The Balaban J connectivity index is 2.61. The molecule has 1 aromatic heterocycles. The molecule has 0 aliphatic rings. The Morgan fingerprint density at radius 2 is 1.87 bits per heavy atom. The number of amides is 1. The number of carbonyl (C=O) groups is 2. The smallest absolute Gasteiger partial charge is 0.415 e. The topological polar surface area (TPSA) is 68.7 Å². The maximum atomic E-state index is 13.3. The Kier molecular flexibility index (Phi) is 7.12. The lowest BCUT2D eigenvalue weighted by molar-refractivity contribution is -0.119. The summed E-state index contributed by atoms with van der Waals surface area (Å²) >= 11 is 0.792. The van der Waals surface area contributed by atoms with E-state index in [2.05, 4.69) is 4.98 Å². The van der Waals surface area contributed by atoms with Gasteiger partial charge in [-0.15, -0.1) is 0 Å². The molecular weight excluding hydrogens is 421 g/mol. The Morgan fingerprint density at radius 3 is 2.40 bits per heavy atom. The molecule has 0 fully saturated rings. The van der Waals surface area contributed by atoms with E-state index in [1.807, 2.05) is 13.0 Å². The Hall–Kier alpha value is -2.62. The number of benzene rings is 1. The van der Waals surface area contributed by atoms with E-state index in [-0.39, 0.29) is 22.3 Å². The maximum absolute atomic E-state index is 13.3.